The molecule has 1 aromatic rings. The number of ether oxygens (including phenoxy) is 1. The molecule has 0 saturated carbocycles. The van der Waals surface area contributed by atoms with E-state index in [0.29, 0.717) is 35.9 Å². The minimum absolute atomic E-state index is 0.0371. The fourth-order valence-corrected chi connectivity index (χ4v) is 2.84. The molecule has 2 atom stereocenters. The van der Waals surface area contributed by atoms with Crippen LogP contribution in [0, 0.1) is 0 Å². The number of likely N-dealkylation sites (N-methyl/N-ethyl adjacent to an activating group) is 1. The summed E-state index contributed by atoms with van der Waals surface area (Å²) in [4.78, 5) is 20.5. The SMILES string of the molecule is C=CCC(/C=C(/C(N)=O)c1cc(NC(CC=C(Cl)C=CCC)CNC)ncn1)OC. The Morgan fingerprint density at radius 2 is 2.17 bits per heavy atom. The van der Waals surface area contributed by atoms with Crippen molar-refractivity contribution in [3.63, 3.8) is 0 Å². The summed E-state index contributed by atoms with van der Waals surface area (Å²) in [6.07, 6.45) is 12.5. The van der Waals surface area contributed by atoms with Crippen LogP contribution in [0.3, 0.4) is 0 Å². The Bertz CT molecular complexity index is 777. The Morgan fingerprint density at radius 1 is 1.40 bits per heavy atom. The molecule has 1 heterocycles. The number of nitrogens with zero attached hydrogens (tertiary/aromatic N) is 2. The first-order chi connectivity index (χ1) is 14.4. The molecule has 8 heteroatoms. The molecule has 0 saturated heterocycles. The maximum atomic E-state index is 12.0. The van der Waals surface area contributed by atoms with Crippen LogP contribution in [-0.2, 0) is 9.53 Å². The summed E-state index contributed by atoms with van der Waals surface area (Å²) in [6, 6.07) is 1.73. The number of carbonyl (C=O) groups excluding carboxylic acids is 1. The van der Waals surface area contributed by atoms with Crippen LogP contribution >= 0.6 is 11.6 Å². The molecule has 7 nitrogen and oxygen atoms in total. The minimum atomic E-state index is -0.588. The van der Waals surface area contributed by atoms with Crippen molar-refractivity contribution in [2.45, 2.75) is 38.3 Å². The molecular formula is C22H32ClN5O2. The zero-order valence-electron chi connectivity index (χ0n) is 17.9. The molecule has 1 rings (SSSR count). The molecule has 2 unspecified atom stereocenters. The molecule has 1 amide bonds. The van der Waals surface area contributed by atoms with E-state index in [1.165, 1.54) is 6.33 Å². The number of carbonyl (C=O) groups is 1. The molecular weight excluding hydrogens is 402 g/mol. The molecule has 0 bridgehead atoms. The van der Waals surface area contributed by atoms with E-state index in [2.05, 4.69) is 34.1 Å². The first-order valence-corrected chi connectivity index (χ1v) is 10.2. The van der Waals surface area contributed by atoms with Crippen LogP contribution in [0.2, 0.25) is 0 Å². The third-order valence-corrected chi connectivity index (χ3v) is 4.46. The molecule has 0 aliphatic heterocycles. The van der Waals surface area contributed by atoms with Crippen molar-refractivity contribution >= 4 is 28.9 Å². The van der Waals surface area contributed by atoms with Gasteiger partial charge >= 0.3 is 0 Å². The van der Waals surface area contributed by atoms with E-state index in [9.17, 15) is 4.79 Å². The number of amides is 1. The van der Waals surface area contributed by atoms with E-state index in [-0.39, 0.29) is 17.7 Å². The van der Waals surface area contributed by atoms with Gasteiger partial charge in [-0.1, -0.05) is 36.8 Å². The quantitative estimate of drug-likeness (QED) is 0.236. The van der Waals surface area contributed by atoms with E-state index in [1.807, 2.05) is 25.3 Å². The van der Waals surface area contributed by atoms with Gasteiger partial charge < -0.3 is 21.1 Å². The normalized spacial score (nSPS) is 14.5. The van der Waals surface area contributed by atoms with Gasteiger partial charge in [-0.25, -0.2) is 9.97 Å². The molecule has 0 aromatic carbocycles. The summed E-state index contributed by atoms with van der Waals surface area (Å²) in [5.41, 5.74) is 6.27. The zero-order valence-corrected chi connectivity index (χ0v) is 18.7. The Kier molecular flexibility index (Phi) is 12.3. The summed E-state index contributed by atoms with van der Waals surface area (Å²) in [5, 5.41) is 7.19. The highest BCUT2D eigenvalue weighted by Gasteiger charge is 2.15. The second-order valence-corrected chi connectivity index (χ2v) is 7.00. The van der Waals surface area contributed by atoms with Crippen molar-refractivity contribution in [3.05, 3.63) is 60.1 Å². The monoisotopic (exact) mass is 433 g/mol. The number of primary amides is 1. The van der Waals surface area contributed by atoms with Gasteiger partial charge in [0.2, 0.25) is 0 Å². The van der Waals surface area contributed by atoms with E-state index in [1.54, 1.807) is 25.3 Å². The summed E-state index contributed by atoms with van der Waals surface area (Å²) >= 11 is 6.22. The lowest BCUT2D eigenvalue weighted by atomic mass is 10.1. The number of anilines is 1. The van der Waals surface area contributed by atoms with Gasteiger partial charge in [0, 0.05) is 30.8 Å². The van der Waals surface area contributed by atoms with Gasteiger partial charge in [0.1, 0.15) is 12.1 Å². The number of halogens is 1. The smallest absolute Gasteiger partial charge is 0.250 e. The number of aromatic nitrogens is 2. The van der Waals surface area contributed by atoms with Crippen LogP contribution in [0.25, 0.3) is 5.57 Å². The van der Waals surface area contributed by atoms with Crippen molar-refractivity contribution < 1.29 is 9.53 Å². The average Bonchev–Trinajstić information content (AvgIpc) is 2.73. The Labute approximate surface area is 184 Å². The van der Waals surface area contributed by atoms with Crippen molar-refractivity contribution in [3.8, 4) is 0 Å². The summed E-state index contributed by atoms with van der Waals surface area (Å²) in [6.45, 7) is 6.45. The van der Waals surface area contributed by atoms with Crippen LogP contribution in [0.15, 0.2) is 54.4 Å². The maximum absolute atomic E-state index is 12.0. The first-order valence-electron chi connectivity index (χ1n) is 9.86. The average molecular weight is 434 g/mol. The third kappa shape index (κ3) is 9.35. The van der Waals surface area contributed by atoms with Gasteiger partial charge in [-0.2, -0.15) is 0 Å². The second kappa shape index (κ2) is 14.5. The number of rotatable bonds is 14. The molecule has 164 valence electrons. The molecule has 0 radical (unpaired) electrons. The molecule has 30 heavy (non-hydrogen) atoms. The van der Waals surface area contributed by atoms with Crippen LogP contribution in [0.1, 0.15) is 31.9 Å². The van der Waals surface area contributed by atoms with E-state index >= 15 is 0 Å². The number of hydrogen-bond acceptors (Lipinski definition) is 6. The number of allylic oxidation sites excluding steroid dienone is 3. The lowest BCUT2D eigenvalue weighted by Crippen LogP contribution is -2.31. The second-order valence-electron chi connectivity index (χ2n) is 6.57. The highest BCUT2D eigenvalue weighted by atomic mass is 35.5. The summed E-state index contributed by atoms with van der Waals surface area (Å²) in [5.74, 6) is -0.00586. The highest BCUT2D eigenvalue weighted by Crippen LogP contribution is 2.18. The van der Waals surface area contributed by atoms with Crippen molar-refractivity contribution in [1.82, 2.24) is 15.3 Å². The van der Waals surface area contributed by atoms with E-state index in [0.717, 1.165) is 6.42 Å². The first kappa shape index (κ1) is 25.6. The Morgan fingerprint density at radius 3 is 2.77 bits per heavy atom. The molecule has 1 aromatic heterocycles. The number of nitrogens with one attached hydrogen (secondary N) is 2. The van der Waals surface area contributed by atoms with Crippen LogP contribution in [0.4, 0.5) is 5.82 Å². The lowest BCUT2D eigenvalue weighted by molar-refractivity contribution is -0.112. The van der Waals surface area contributed by atoms with Gasteiger partial charge in [0.25, 0.3) is 5.91 Å². The fourth-order valence-electron chi connectivity index (χ4n) is 2.66. The van der Waals surface area contributed by atoms with Crippen LogP contribution < -0.4 is 16.4 Å². The zero-order chi connectivity index (χ0) is 22.4. The summed E-state index contributed by atoms with van der Waals surface area (Å²) in [7, 11) is 3.44. The molecule has 0 aliphatic carbocycles. The topological polar surface area (TPSA) is 102 Å². The van der Waals surface area contributed by atoms with Gasteiger partial charge in [0.15, 0.2) is 0 Å². The molecule has 0 spiro atoms. The van der Waals surface area contributed by atoms with Gasteiger partial charge in [-0.15, -0.1) is 6.58 Å². The highest BCUT2D eigenvalue weighted by molar-refractivity contribution is 6.31. The van der Waals surface area contributed by atoms with Crippen molar-refractivity contribution in [2.75, 3.05) is 26.0 Å². The molecule has 0 aliphatic rings. The lowest BCUT2D eigenvalue weighted by Gasteiger charge is -2.18. The summed E-state index contributed by atoms with van der Waals surface area (Å²) < 4.78 is 5.35. The van der Waals surface area contributed by atoms with Crippen molar-refractivity contribution in [2.24, 2.45) is 5.73 Å². The van der Waals surface area contributed by atoms with Gasteiger partial charge in [-0.05, 0) is 38.5 Å². The Balaban J connectivity index is 3.06. The largest absolute Gasteiger partial charge is 0.377 e. The number of hydrogen-bond donors (Lipinski definition) is 3. The standard InChI is InChI=1S/C22H32ClN5O2/c1-5-7-9-16(23)10-11-17(14-25-3)28-21-13-20(26-15-27-21)19(22(24)29)12-18(30-4)8-6-2/h6-7,9-10,12-13,15,17-18,25H,2,5,8,11,14H2,1,3-4H3,(H2,24,29)(H,26,27,28)/b9-7?,16-10?,19-12+. The Hall–Kier alpha value is -2.48. The van der Waals surface area contributed by atoms with Gasteiger partial charge in [0.05, 0.1) is 17.4 Å². The van der Waals surface area contributed by atoms with Gasteiger partial charge in [-0.3, -0.25) is 4.79 Å². The van der Waals surface area contributed by atoms with Crippen LogP contribution in [0.5, 0.6) is 0 Å². The minimum Gasteiger partial charge on any atom is -0.377 e. The predicted molar refractivity (Wildman–Crippen MR) is 124 cm³/mol. The fraction of sp³-hybridized carbons (Fsp3) is 0.409. The van der Waals surface area contributed by atoms with E-state index in [4.69, 9.17) is 22.1 Å². The van der Waals surface area contributed by atoms with Crippen LogP contribution in [-0.4, -0.2) is 48.7 Å². The molecule has 0 fully saturated rings. The third-order valence-electron chi connectivity index (χ3n) is 4.18. The number of methoxy groups -OCH3 is 1. The number of nitrogens with two attached hydrogens (primary N) is 1. The van der Waals surface area contributed by atoms with E-state index < -0.39 is 5.91 Å². The predicted octanol–water partition coefficient (Wildman–Crippen LogP) is 3.42. The van der Waals surface area contributed by atoms with Crippen molar-refractivity contribution in [1.29, 1.82) is 0 Å². The molecule has 4 N–H and O–H groups in total. The maximum Gasteiger partial charge on any atom is 0.250 e.